The molecule has 1 atom stereocenters. The molecule has 0 bridgehead atoms. The van der Waals surface area contributed by atoms with Gasteiger partial charge in [0.05, 0.1) is 0 Å². The van der Waals surface area contributed by atoms with Gasteiger partial charge in [0.25, 0.3) is 0 Å². The Morgan fingerprint density at radius 1 is 1.41 bits per heavy atom. The third-order valence-corrected chi connectivity index (χ3v) is 3.43. The van der Waals surface area contributed by atoms with Crippen molar-refractivity contribution in [3.05, 3.63) is 29.8 Å². The lowest BCUT2D eigenvalue weighted by Gasteiger charge is -2.07. The van der Waals surface area contributed by atoms with E-state index >= 15 is 0 Å². The Bertz CT molecular complexity index is 471. The molecule has 0 spiro atoms. The van der Waals surface area contributed by atoms with Gasteiger partial charge in [-0.1, -0.05) is 30.0 Å². The number of amides is 1. The van der Waals surface area contributed by atoms with Gasteiger partial charge in [-0.05, 0) is 19.9 Å². The monoisotopic (exact) mass is 250 g/mol. The van der Waals surface area contributed by atoms with E-state index in [1.807, 2.05) is 13.8 Å². The Balaban J connectivity index is 2.25. The molecule has 2 rings (SSSR count). The van der Waals surface area contributed by atoms with Crippen LogP contribution >= 0.6 is 11.8 Å². The van der Waals surface area contributed by atoms with E-state index in [4.69, 9.17) is 0 Å². The molecule has 5 heteroatoms. The molecule has 4 nitrogen and oxygen atoms in total. The van der Waals surface area contributed by atoms with Gasteiger partial charge in [-0.3, -0.25) is 9.79 Å². The highest BCUT2D eigenvalue weighted by Gasteiger charge is 2.33. The summed E-state index contributed by atoms with van der Waals surface area (Å²) in [5.41, 5.74) is 0.629. The van der Waals surface area contributed by atoms with Crippen molar-refractivity contribution in [1.82, 2.24) is 5.32 Å². The van der Waals surface area contributed by atoms with Gasteiger partial charge >= 0.3 is 0 Å². The zero-order chi connectivity index (χ0) is 12.4. The number of phenols is 1. The second kappa shape index (κ2) is 4.79. The summed E-state index contributed by atoms with van der Waals surface area (Å²) in [4.78, 5) is 16.1. The number of amidine groups is 1. The third-order valence-electron chi connectivity index (χ3n) is 2.29. The molecule has 17 heavy (non-hydrogen) atoms. The second-order valence-corrected chi connectivity index (χ2v) is 5.17. The van der Waals surface area contributed by atoms with Crippen molar-refractivity contribution in [1.29, 1.82) is 0 Å². The number of carbonyl (C=O) groups is 1. The molecule has 1 aromatic rings. The fourth-order valence-corrected chi connectivity index (χ4v) is 2.72. The second-order valence-electron chi connectivity index (χ2n) is 4.07. The first-order chi connectivity index (χ1) is 8.08. The molecule has 1 fully saturated rings. The molecule has 1 amide bonds. The van der Waals surface area contributed by atoms with E-state index in [1.54, 1.807) is 24.3 Å². The zero-order valence-electron chi connectivity index (χ0n) is 9.68. The van der Waals surface area contributed by atoms with Crippen LogP contribution in [0, 0.1) is 0 Å². The van der Waals surface area contributed by atoms with Gasteiger partial charge in [0.15, 0.2) is 5.17 Å². The average molecular weight is 250 g/mol. The van der Waals surface area contributed by atoms with Crippen LogP contribution in [0.25, 0.3) is 0 Å². The lowest BCUT2D eigenvalue weighted by Crippen LogP contribution is -2.22. The minimum absolute atomic E-state index is 0.129. The molecular formula is C12H14N2O2S. The van der Waals surface area contributed by atoms with E-state index in [-0.39, 0.29) is 17.7 Å². The van der Waals surface area contributed by atoms with E-state index in [0.29, 0.717) is 10.7 Å². The summed E-state index contributed by atoms with van der Waals surface area (Å²) in [5, 5.41) is 12.7. The Morgan fingerprint density at radius 2 is 2.12 bits per heavy atom. The van der Waals surface area contributed by atoms with Crippen LogP contribution in [-0.4, -0.2) is 22.2 Å². The van der Waals surface area contributed by atoms with Crippen LogP contribution in [0.5, 0.6) is 5.75 Å². The van der Waals surface area contributed by atoms with Gasteiger partial charge in [0.1, 0.15) is 11.0 Å². The van der Waals surface area contributed by atoms with E-state index in [0.717, 1.165) is 0 Å². The molecule has 1 aliphatic rings. The molecule has 0 radical (unpaired) electrons. The van der Waals surface area contributed by atoms with Crippen molar-refractivity contribution in [3.63, 3.8) is 0 Å². The minimum Gasteiger partial charge on any atom is -0.508 e. The van der Waals surface area contributed by atoms with Gasteiger partial charge in [-0.2, -0.15) is 0 Å². The summed E-state index contributed by atoms with van der Waals surface area (Å²) in [6, 6.07) is 7.02. The van der Waals surface area contributed by atoms with Crippen molar-refractivity contribution in [2.75, 3.05) is 0 Å². The Hall–Kier alpha value is -1.49. The summed E-state index contributed by atoms with van der Waals surface area (Å²) in [5.74, 6) is 0.0156. The first kappa shape index (κ1) is 12.0. The number of aromatic hydroxyl groups is 1. The Kier molecular flexibility index (Phi) is 3.38. The lowest BCUT2D eigenvalue weighted by molar-refractivity contribution is -0.118. The number of para-hydroxylation sites is 1. The van der Waals surface area contributed by atoms with Crippen LogP contribution in [0.15, 0.2) is 29.3 Å². The Labute approximate surface area is 104 Å². The molecule has 1 saturated heterocycles. The fraction of sp³-hybridized carbons (Fsp3) is 0.333. The highest BCUT2D eigenvalue weighted by Crippen LogP contribution is 2.38. The summed E-state index contributed by atoms with van der Waals surface area (Å²) >= 11 is 1.34. The van der Waals surface area contributed by atoms with Gasteiger partial charge in [-0.15, -0.1) is 0 Å². The predicted molar refractivity (Wildman–Crippen MR) is 69.2 cm³/mol. The molecular weight excluding hydrogens is 236 g/mol. The summed E-state index contributed by atoms with van der Waals surface area (Å²) < 4.78 is 0. The van der Waals surface area contributed by atoms with Gasteiger partial charge in [0.2, 0.25) is 5.91 Å². The average Bonchev–Trinajstić information content (AvgIpc) is 2.59. The topological polar surface area (TPSA) is 61.7 Å². The van der Waals surface area contributed by atoms with Crippen molar-refractivity contribution in [3.8, 4) is 5.75 Å². The highest BCUT2D eigenvalue weighted by molar-refractivity contribution is 8.15. The number of nitrogens with one attached hydrogen (secondary N) is 1. The highest BCUT2D eigenvalue weighted by atomic mass is 32.2. The Morgan fingerprint density at radius 3 is 2.76 bits per heavy atom. The van der Waals surface area contributed by atoms with Crippen LogP contribution in [0.2, 0.25) is 0 Å². The van der Waals surface area contributed by atoms with Crippen LogP contribution in [0.4, 0.5) is 0 Å². The summed E-state index contributed by atoms with van der Waals surface area (Å²) in [6.45, 7) is 3.90. The quantitative estimate of drug-likeness (QED) is 0.844. The van der Waals surface area contributed by atoms with E-state index in [1.165, 1.54) is 11.8 Å². The molecule has 0 aliphatic carbocycles. The first-order valence-corrected chi connectivity index (χ1v) is 6.29. The normalized spacial score (nSPS) is 22.2. The fourth-order valence-electron chi connectivity index (χ4n) is 1.58. The maximum Gasteiger partial charge on any atom is 0.244 e. The van der Waals surface area contributed by atoms with Crippen LogP contribution in [0.1, 0.15) is 24.7 Å². The van der Waals surface area contributed by atoms with E-state index in [2.05, 4.69) is 10.3 Å². The SMILES string of the molecule is CC(C)N=C1NC(=O)C(c2ccccc2O)S1. The zero-order valence-corrected chi connectivity index (χ0v) is 10.5. The lowest BCUT2D eigenvalue weighted by atomic mass is 10.1. The number of nitrogens with zero attached hydrogens (tertiary/aromatic N) is 1. The molecule has 0 saturated carbocycles. The number of hydrogen-bond donors (Lipinski definition) is 2. The van der Waals surface area contributed by atoms with Crippen molar-refractivity contribution in [2.45, 2.75) is 25.1 Å². The molecule has 2 N–H and O–H groups in total. The van der Waals surface area contributed by atoms with Crippen molar-refractivity contribution < 1.29 is 9.90 Å². The largest absolute Gasteiger partial charge is 0.508 e. The third kappa shape index (κ3) is 2.61. The van der Waals surface area contributed by atoms with Gasteiger partial charge in [-0.25, -0.2) is 0 Å². The molecule has 1 aromatic carbocycles. The van der Waals surface area contributed by atoms with Gasteiger partial charge < -0.3 is 10.4 Å². The van der Waals surface area contributed by atoms with Crippen LogP contribution in [-0.2, 0) is 4.79 Å². The maximum atomic E-state index is 11.8. The summed E-state index contributed by atoms with van der Waals surface area (Å²) in [7, 11) is 0. The standard InChI is InChI=1S/C12H14N2O2S/c1-7(2)13-12-14-11(16)10(17-12)8-5-3-4-6-9(8)15/h3-7,10,15H,1-2H3,(H,13,14,16). The smallest absolute Gasteiger partial charge is 0.244 e. The number of hydrogen-bond acceptors (Lipinski definition) is 4. The van der Waals surface area contributed by atoms with E-state index < -0.39 is 5.25 Å². The van der Waals surface area contributed by atoms with Crippen molar-refractivity contribution >= 4 is 22.8 Å². The van der Waals surface area contributed by atoms with Crippen molar-refractivity contribution in [2.24, 2.45) is 4.99 Å². The number of rotatable bonds is 2. The molecule has 1 unspecified atom stereocenters. The number of phenolic OH excluding ortho intramolecular Hbond substituents is 1. The van der Waals surface area contributed by atoms with Crippen LogP contribution < -0.4 is 5.32 Å². The predicted octanol–water partition coefficient (Wildman–Crippen LogP) is 2.06. The number of thioether (sulfide) groups is 1. The molecule has 1 aliphatic heterocycles. The first-order valence-electron chi connectivity index (χ1n) is 5.41. The number of carbonyl (C=O) groups excluding carboxylic acids is 1. The summed E-state index contributed by atoms with van der Waals surface area (Å²) in [6.07, 6.45) is 0. The van der Waals surface area contributed by atoms with Gasteiger partial charge in [0, 0.05) is 11.6 Å². The molecule has 90 valence electrons. The maximum absolute atomic E-state index is 11.8. The van der Waals surface area contributed by atoms with Crippen LogP contribution in [0.3, 0.4) is 0 Å². The minimum atomic E-state index is -0.409. The number of benzene rings is 1. The number of aliphatic imine (C=N–C) groups is 1. The molecule has 1 heterocycles. The van der Waals surface area contributed by atoms with E-state index in [9.17, 15) is 9.90 Å². The molecule has 0 aromatic heterocycles.